The highest BCUT2D eigenvalue weighted by Gasteiger charge is 2.40. The van der Waals surface area contributed by atoms with Gasteiger partial charge >= 0.3 is 13.7 Å². The normalized spacial score (nSPS) is 21.1. The number of nitrogens with two attached hydrogens (primary N) is 1. The third-order valence-corrected chi connectivity index (χ3v) is 7.63. The molecule has 0 bridgehead atoms. The molecule has 5 atom stereocenters. The van der Waals surface area contributed by atoms with Gasteiger partial charge in [0.1, 0.15) is 11.8 Å². The first-order chi connectivity index (χ1) is 19.0. The molecule has 1 fully saturated rings. The van der Waals surface area contributed by atoms with E-state index in [1.807, 2.05) is 14.1 Å². The lowest BCUT2D eigenvalue weighted by atomic mass is 10.0. The number of para-hydroxylation sites is 1. The van der Waals surface area contributed by atoms with Crippen LogP contribution in [0.15, 0.2) is 36.7 Å². The number of rotatable bonds is 11. The zero-order chi connectivity index (χ0) is 29.0. The smallest absolute Gasteiger partial charge is 0.459 e. The minimum atomic E-state index is -4.06. The van der Waals surface area contributed by atoms with E-state index in [1.165, 1.54) is 6.92 Å². The van der Waals surface area contributed by atoms with Crippen LogP contribution in [0.3, 0.4) is 0 Å². The van der Waals surface area contributed by atoms with Crippen LogP contribution in [0.1, 0.15) is 33.4 Å². The fraction of sp³-hybridized carbons (Fsp3) is 0.462. The molecule has 1 saturated heterocycles. The summed E-state index contributed by atoms with van der Waals surface area (Å²) < 4.78 is 38.5. The molecule has 0 saturated carbocycles. The van der Waals surface area contributed by atoms with Crippen LogP contribution in [0.25, 0.3) is 11.2 Å². The number of nitrogens with one attached hydrogen (secondary N) is 1. The Hall–Kier alpha value is -3.69. The van der Waals surface area contributed by atoms with Crippen molar-refractivity contribution in [2.45, 2.75) is 51.7 Å². The fourth-order valence-corrected chi connectivity index (χ4v) is 5.72. The maximum Gasteiger partial charge on any atom is 0.459 e. The van der Waals surface area contributed by atoms with Crippen molar-refractivity contribution in [2.75, 3.05) is 31.3 Å². The summed E-state index contributed by atoms with van der Waals surface area (Å²) in [6.07, 6.45) is 6.31. The summed E-state index contributed by atoms with van der Waals surface area (Å²) in [6.45, 7) is 4.83. The Morgan fingerprint density at radius 1 is 1.30 bits per heavy atom. The summed E-state index contributed by atoms with van der Waals surface area (Å²) in [6, 6.07) is 7.54. The second kappa shape index (κ2) is 12.2. The van der Waals surface area contributed by atoms with E-state index in [0.717, 1.165) is 0 Å². The van der Waals surface area contributed by atoms with E-state index in [9.17, 15) is 9.36 Å². The zero-order valence-corrected chi connectivity index (χ0v) is 23.9. The summed E-state index contributed by atoms with van der Waals surface area (Å²) in [4.78, 5) is 27.3. The first-order valence-electron chi connectivity index (χ1n) is 12.8. The van der Waals surface area contributed by atoms with Gasteiger partial charge in [0.25, 0.3) is 0 Å². The summed E-state index contributed by atoms with van der Waals surface area (Å²) in [5.74, 6) is 2.75. The van der Waals surface area contributed by atoms with Crippen LogP contribution in [0.5, 0.6) is 5.75 Å². The Kier molecular flexibility index (Phi) is 8.95. The number of hydrogen-bond donors (Lipinski definition) is 2. The maximum absolute atomic E-state index is 13.8. The van der Waals surface area contributed by atoms with Gasteiger partial charge in [-0.3, -0.25) is 13.9 Å². The number of esters is 1. The Labute approximate surface area is 233 Å². The van der Waals surface area contributed by atoms with E-state index in [1.54, 1.807) is 60.0 Å². The highest BCUT2D eigenvalue weighted by Crippen LogP contribution is 2.46. The third-order valence-electron chi connectivity index (χ3n) is 5.98. The van der Waals surface area contributed by atoms with Crippen molar-refractivity contribution in [1.82, 2.24) is 24.6 Å². The number of nitrogens with zero attached hydrogens (tertiary/aromatic N) is 5. The number of hydrogen-bond acceptors (Lipinski definition) is 11. The zero-order valence-electron chi connectivity index (χ0n) is 23.1. The second-order valence-electron chi connectivity index (χ2n) is 9.82. The van der Waals surface area contributed by atoms with E-state index in [0.29, 0.717) is 29.2 Å². The first-order valence-corrected chi connectivity index (χ1v) is 14.3. The van der Waals surface area contributed by atoms with Gasteiger partial charge in [0.15, 0.2) is 23.2 Å². The predicted octanol–water partition coefficient (Wildman–Crippen LogP) is 3.14. The summed E-state index contributed by atoms with van der Waals surface area (Å²) >= 11 is 0. The molecule has 3 N–H and O–H groups in total. The van der Waals surface area contributed by atoms with Crippen molar-refractivity contribution in [3.8, 4) is 18.1 Å². The van der Waals surface area contributed by atoms with E-state index < -0.39 is 32.1 Å². The van der Waals surface area contributed by atoms with Crippen molar-refractivity contribution in [3.63, 3.8) is 0 Å². The van der Waals surface area contributed by atoms with Gasteiger partial charge in [-0.15, -0.1) is 6.42 Å². The summed E-state index contributed by atoms with van der Waals surface area (Å²) in [5.41, 5.74) is 6.97. The molecule has 14 heteroatoms. The molecule has 0 aliphatic carbocycles. The van der Waals surface area contributed by atoms with Crippen LogP contribution in [0.4, 0.5) is 11.8 Å². The molecule has 1 aliphatic heterocycles. The quantitative estimate of drug-likeness (QED) is 0.197. The number of nitrogen functional groups attached to an aromatic ring is 1. The molecule has 1 aliphatic rings. The van der Waals surface area contributed by atoms with Crippen LogP contribution in [-0.2, 0) is 23.4 Å². The molecule has 0 spiro atoms. The number of anilines is 2. The number of benzene rings is 1. The van der Waals surface area contributed by atoms with Crippen LogP contribution in [0.2, 0.25) is 0 Å². The molecule has 3 aromatic rings. The van der Waals surface area contributed by atoms with Gasteiger partial charge in [-0.1, -0.05) is 24.1 Å². The lowest BCUT2D eigenvalue weighted by Gasteiger charge is -2.24. The van der Waals surface area contributed by atoms with Gasteiger partial charge in [0, 0.05) is 14.1 Å². The molecular formula is C26H34N7O6P. The Bertz CT molecular complexity index is 1420. The highest BCUT2D eigenvalue weighted by molar-refractivity contribution is 7.52. The molecule has 2 aromatic heterocycles. The van der Waals surface area contributed by atoms with E-state index >= 15 is 0 Å². The van der Waals surface area contributed by atoms with Gasteiger partial charge in [-0.05, 0) is 39.3 Å². The lowest BCUT2D eigenvalue weighted by Crippen LogP contribution is -2.36. The average molecular weight is 572 g/mol. The number of terminal acetylenes is 1. The second-order valence-corrected chi connectivity index (χ2v) is 11.5. The highest BCUT2D eigenvalue weighted by atomic mass is 31.2. The topological polar surface area (TPSA) is 156 Å². The third kappa shape index (κ3) is 6.71. The number of imidazole rings is 1. The Morgan fingerprint density at radius 3 is 2.67 bits per heavy atom. The fourth-order valence-electron chi connectivity index (χ4n) is 4.20. The van der Waals surface area contributed by atoms with Gasteiger partial charge in [-0.25, -0.2) is 9.55 Å². The van der Waals surface area contributed by atoms with Crippen molar-refractivity contribution in [2.24, 2.45) is 5.92 Å². The summed E-state index contributed by atoms with van der Waals surface area (Å²) in [5, 5.41) is 2.67. The molecular weight excluding hydrogens is 537 g/mol. The maximum atomic E-state index is 13.8. The molecule has 0 radical (unpaired) electrons. The van der Waals surface area contributed by atoms with Crippen molar-refractivity contribution in [1.29, 1.82) is 0 Å². The largest absolute Gasteiger partial charge is 0.462 e. The van der Waals surface area contributed by atoms with Gasteiger partial charge in [0.05, 0.1) is 31.1 Å². The minimum absolute atomic E-state index is 0.0864. The van der Waals surface area contributed by atoms with Gasteiger partial charge < -0.3 is 24.6 Å². The molecule has 214 valence electrons. The predicted molar refractivity (Wildman–Crippen MR) is 149 cm³/mol. The van der Waals surface area contributed by atoms with Gasteiger partial charge in [-0.2, -0.15) is 15.1 Å². The Balaban J connectivity index is 1.53. The van der Waals surface area contributed by atoms with Crippen LogP contribution >= 0.6 is 7.75 Å². The molecule has 13 nitrogen and oxygen atoms in total. The van der Waals surface area contributed by atoms with Crippen molar-refractivity contribution in [3.05, 3.63) is 36.7 Å². The number of ether oxygens (including phenoxy) is 2. The van der Waals surface area contributed by atoms with E-state index in [4.69, 9.17) is 30.7 Å². The SMILES string of the molecule is C#C[C@H]1C[C@@H](CO[P@](=O)(N[C@@H](C)C(=O)OC(C)C)Oc2ccccc2)O[C@H]1n1cnc2c(N(C)C)nc(N)nc21. The molecule has 1 aromatic carbocycles. The monoisotopic (exact) mass is 571 g/mol. The molecule has 3 heterocycles. The summed E-state index contributed by atoms with van der Waals surface area (Å²) in [7, 11) is -0.402. The molecule has 0 amide bonds. The molecule has 4 rings (SSSR count). The van der Waals surface area contributed by atoms with Crippen LogP contribution < -0.4 is 20.2 Å². The Morgan fingerprint density at radius 2 is 2.02 bits per heavy atom. The van der Waals surface area contributed by atoms with Gasteiger partial charge in [0.2, 0.25) is 5.95 Å². The number of fused-ring (bicyclic) bond motifs is 1. The first kappa shape index (κ1) is 29.3. The number of carbonyl (C=O) groups is 1. The lowest BCUT2D eigenvalue weighted by molar-refractivity contribution is -0.149. The standard InChI is InChI=1S/C26H34N7O6P/c1-7-18-13-20(38-24(18)33-15-28-21-22(32(5)6)29-26(27)30-23(21)33)14-36-40(35,39-19-11-9-8-10-12-19)31-17(4)25(34)37-16(2)3/h1,8-12,15-18,20,24H,13-14H2,2-6H3,(H,31,35)(H2,27,29,30)/t17-,18-,20-,24+,40+/m0/s1. The van der Waals surface area contributed by atoms with Crippen molar-refractivity contribution < 1.29 is 27.9 Å². The average Bonchev–Trinajstić information content (AvgIpc) is 3.50. The minimum Gasteiger partial charge on any atom is -0.462 e. The molecule has 0 unspecified atom stereocenters. The number of aromatic nitrogens is 4. The van der Waals surface area contributed by atoms with Crippen LogP contribution in [0, 0.1) is 18.3 Å². The van der Waals surface area contributed by atoms with Crippen molar-refractivity contribution >= 4 is 36.6 Å². The van der Waals surface area contributed by atoms with Crippen LogP contribution in [-0.4, -0.2) is 64.4 Å². The van der Waals surface area contributed by atoms with E-state index in [-0.39, 0.29) is 24.6 Å². The van der Waals surface area contributed by atoms with E-state index in [2.05, 4.69) is 26.0 Å². The molecule has 40 heavy (non-hydrogen) atoms. The number of carbonyl (C=O) groups excluding carboxylic acids is 1.